The fourth-order valence-corrected chi connectivity index (χ4v) is 4.30. The maximum Gasteiger partial charge on any atom is 0.254 e. The van der Waals surface area contributed by atoms with Gasteiger partial charge in [-0.1, -0.05) is 15.9 Å². The van der Waals surface area contributed by atoms with Crippen LogP contribution in [0.5, 0.6) is 0 Å². The third kappa shape index (κ3) is 2.82. The normalized spacial score (nSPS) is 17.2. The molecule has 6 nitrogen and oxygen atoms in total. The molecule has 7 heteroatoms. The largest absolute Gasteiger partial charge is 0.328 e. The number of nitrogens with zero attached hydrogens (tertiary/aromatic N) is 2. The van der Waals surface area contributed by atoms with E-state index in [1.165, 1.54) is 0 Å². The number of anilines is 1. The Morgan fingerprint density at radius 3 is 2.93 bits per heavy atom. The number of nitrogens with one attached hydrogen (secondary N) is 2. The molecule has 2 aliphatic rings. The fraction of sp³-hybridized carbons (Fsp3) is 0.250. The summed E-state index contributed by atoms with van der Waals surface area (Å²) in [6.45, 7) is 0.656. The summed E-state index contributed by atoms with van der Waals surface area (Å²) >= 11 is 3.50. The molecule has 27 heavy (non-hydrogen) atoms. The minimum atomic E-state index is -0.192. The van der Waals surface area contributed by atoms with E-state index in [0.717, 1.165) is 39.3 Å². The van der Waals surface area contributed by atoms with E-state index >= 15 is 0 Å². The maximum atomic E-state index is 12.9. The van der Waals surface area contributed by atoms with Crippen LogP contribution in [0.2, 0.25) is 0 Å². The lowest BCUT2D eigenvalue weighted by Gasteiger charge is -2.34. The molecule has 0 bridgehead atoms. The molecule has 0 saturated heterocycles. The fourth-order valence-electron chi connectivity index (χ4n) is 3.93. The number of hydrogen-bond acceptors (Lipinski definition) is 3. The van der Waals surface area contributed by atoms with Gasteiger partial charge in [-0.25, -0.2) is 0 Å². The number of carbonyl (C=O) groups is 2. The lowest BCUT2D eigenvalue weighted by molar-refractivity contribution is -0.117. The van der Waals surface area contributed by atoms with Gasteiger partial charge >= 0.3 is 0 Å². The summed E-state index contributed by atoms with van der Waals surface area (Å²) in [5, 5.41) is 10.7. The molecule has 1 aliphatic heterocycles. The molecule has 1 spiro atoms. The van der Waals surface area contributed by atoms with Gasteiger partial charge in [0.15, 0.2) is 0 Å². The van der Waals surface area contributed by atoms with Crippen molar-refractivity contribution in [3.8, 4) is 0 Å². The predicted molar refractivity (Wildman–Crippen MR) is 106 cm³/mol. The predicted octanol–water partition coefficient (Wildman–Crippen LogP) is 3.45. The lowest BCUT2D eigenvalue weighted by Crippen LogP contribution is -2.46. The van der Waals surface area contributed by atoms with Gasteiger partial charge in [0.25, 0.3) is 5.91 Å². The van der Waals surface area contributed by atoms with Crippen molar-refractivity contribution in [3.63, 3.8) is 0 Å². The van der Waals surface area contributed by atoms with Crippen LogP contribution >= 0.6 is 15.9 Å². The van der Waals surface area contributed by atoms with Crippen molar-refractivity contribution in [1.29, 1.82) is 0 Å². The van der Waals surface area contributed by atoms with Crippen molar-refractivity contribution < 1.29 is 9.59 Å². The number of carbonyl (C=O) groups excluding carboxylic acids is 2. The SMILES string of the molecule is O=C(CN1CC2(CC2)c2cc(Br)ccc2C1=O)Nc1ccc2[nH]ncc2c1. The average Bonchev–Trinajstić information content (AvgIpc) is 3.26. The number of fused-ring (bicyclic) bond motifs is 3. The Morgan fingerprint density at radius 1 is 1.26 bits per heavy atom. The highest BCUT2D eigenvalue weighted by Crippen LogP contribution is 2.52. The van der Waals surface area contributed by atoms with Gasteiger partial charge in [-0.2, -0.15) is 5.10 Å². The Hall–Kier alpha value is -2.67. The van der Waals surface area contributed by atoms with Crippen LogP contribution < -0.4 is 5.32 Å². The van der Waals surface area contributed by atoms with E-state index in [4.69, 9.17) is 0 Å². The number of benzene rings is 2. The van der Waals surface area contributed by atoms with Crippen molar-refractivity contribution in [3.05, 3.63) is 58.2 Å². The highest BCUT2D eigenvalue weighted by molar-refractivity contribution is 9.10. The highest BCUT2D eigenvalue weighted by Gasteiger charge is 2.51. The second kappa shape index (κ2) is 5.92. The summed E-state index contributed by atoms with van der Waals surface area (Å²) in [4.78, 5) is 27.1. The quantitative estimate of drug-likeness (QED) is 0.675. The van der Waals surface area contributed by atoms with Crippen LogP contribution in [0.4, 0.5) is 5.69 Å². The first-order valence-corrected chi connectivity index (χ1v) is 9.66. The molecule has 0 radical (unpaired) electrons. The minimum Gasteiger partial charge on any atom is -0.328 e. The smallest absolute Gasteiger partial charge is 0.254 e. The van der Waals surface area contributed by atoms with E-state index in [1.807, 2.05) is 30.3 Å². The van der Waals surface area contributed by atoms with Crippen LogP contribution in [-0.4, -0.2) is 40.0 Å². The van der Waals surface area contributed by atoms with Crippen LogP contribution in [0.15, 0.2) is 47.1 Å². The first-order chi connectivity index (χ1) is 13.0. The molecule has 2 heterocycles. The molecule has 2 amide bonds. The van der Waals surface area contributed by atoms with E-state index in [-0.39, 0.29) is 23.8 Å². The van der Waals surface area contributed by atoms with E-state index in [1.54, 1.807) is 11.1 Å². The second-order valence-corrected chi connectivity index (χ2v) is 8.27. The van der Waals surface area contributed by atoms with E-state index in [0.29, 0.717) is 12.2 Å². The summed E-state index contributed by atoms with van der Waals surface area (Å²) in [6, 6.07) is 11.4. The summed E-state index contributed by atoms with van der Waals surface area (Å²) in [6.07, 6.45) is 3.82. The summed E-state index contributed by atoms with van der Waals surface area (Å²) < 4.78 is 0.987. The van der Waals surface area contributed by atoms with Crippen LogP contribution in [0.3, 0.4) is 0 Å². The number of amides is 2. The van der Waals surface area contributed by atoms with Gasteiger partial charge < -0.3 is 10.2 Å². The molecule has 2 aromatic carbocycles. The van der Waals surface area contributed by atoms with Gasteiger partial charge in [0.05, 0.1) is 11.7 Å². The van der Waals surface area contributed by atoms with E-state index in [2.05, 4.69) is 37.5 Å². The molecule has 2 N–H and O–H groups in total. The molecule has 0 atom stereocenters. The maximum absolute atomic E-state index is 12.9. The zero-order chi connectivity index (χ0) is 18.6. The number of halogens is 1. The molecule has 1 aromatic heterocycles. The van der Waals surface area contributed by atoms with Gasteiger partial charge in [0.1, 0.15) is 6.54 Å². The summed E-state index contributed by atoms with van der Waals surface area (Å²) in [5.74, 6) is -0.266. The van der Waals surface area contributed by atoms with E-state index < -0.39 is 0 Å². The lowest BCUT2D eigenvalue weighted by atomic mass is 9.86. The zero-order valence-corrected chi connectivity index (χ0v) is 16.0. The Labute approximate surface area is 164 Å². The van der Waals surface area contributed by atoms with Crippen LogP contribution in [-0.2, 0) is 10.2 Å². The number of aromatic amines is 1. The number of rotatable bonds is 3. The molecule has 1 aliphatic carbocycles. The van der Waals surface area contributed by atoms with Crippen LogP contribution in [0.1, 0.15) is 28.8 Å². The van der Waals surface area contributed by atoms with Crippen molar-refractivity contribution in [2.24, 2.45) is 0 Å². The molecular formula is C20H17BrN4O2. The number of hydrogen-bond donors (Lipinski definition) is 2. The molecule has 3 aromatic rings. The third-order valence-electron chi connectivity index (χ3n) is 5.48. The summed E-state index contributed by atoms with van der Waals surface area (Å²) in [7, 11) is 0. The topological polar surface area (TPSA) is 78.1 Å². The van der Waals surface area contributed by atoms with Gasteiger partial charge in [-0.3, -0.25) is 14.7 Å². The Kier molecular flexibility index (Phi) is 3.62. The van der Waals surface area contributed by atoms with Crippen LogP contribution in [0, 0.1) is 0 Å². The van der Waals surface area contributed by atoms with Gasteiger partial charge in [-0.05, 0) is 54.8 Å². The first-order valence-electron chi connectivity index (χ1n) is 8.86. The molecule has 5 rings (SSSR count). The van der Waals surface area contributed by atoms with Gasteiger partial charge in [-0.15, -0.1) is 0 Å². The Balaban J connectivity index is 1.35. The Bertz CT molecular complexity index is 1090. The molecule has 0 unspecified atom stereocenters. The van der Waals surface area contributed by atoms with Crippen molar-refractivity contribution in [2.45, 2.75) is 18.3 Å². The molecule has 136 valence electrons. The van der Waals surface area contributed by atoms with Crippen LogP contribution in [0.25, 0.3) is 10.9 Å². The summed E-state index contributed by atoms with van der Waals surface area (Å²) in [5.41, 5.74) is 3.46. The number of H-pyrrole nitrogens is 1. The van der Waals surface area contributed by atoms with Gasteiger partial charge in [0, 0.05) is 33.1 Å². The number of aromatic nitrogens is 2. The molecular weight excluding hydrogens is 408 g/mol. The highest BCUT2D eigenvalue weighted by atomic mass is 79.9. The van der Waals surface area contributed by atoms with Crippen molar-refractivity contribution in [1.82, 2.24) is 15.1 Å². The Morgan fingerprint density at radius 2 is 2.11 bits per heavy atom. The monoisotopic (exact) mass is 424 g/mol. The third-order valence-corrected chi connectivity index (χ3v) is 5.97. The minimum absolute atomic E-state index is 0.0169. The van der Waals surface area contributed by atoms with E-state index in [9.17, 15) is 9.59 Å². The standard InChI is InChI=1S/C20H17BrN4O2/c21-13-1-3-15-16(8-13)20(5-6-20)11-25(19(15)27)10-18(26)23-14-2-4-17-12(7-14)9-22-24-17/h1-4,7-9H,5-6,10-11H2,(H,22,24)(H,23,26). The zero-order valence-electron chi connectivity index (χ0n) is 14.5. The first kappa shape index (κ1) is 16.5. The molecule has 1 fully saturated rings. The average molecular weight is 425 g/mol. The second-order valence-electron chi connectivity index (χ2n) is 7.35. The van der Waals surface area contributed by atoms with Gasteiger partial charge in [0.2, 0.25) is 5.91 Å². The van der Waals surface area contributed by atoms with Crippen molar-refractivity contribution >= 4 is 44.3 Å². The molecule has 1 saturated carbocycles. The van der Waals surface area contributed by atoms with Crippen molar-refractivity contribution in [2.75, 3.05) is 18.4 Å².